The fraction of sp³-hybridized carbons (Fsp3) is 0.864. The van der Waals surface area contributed by atoms with Crippen LogP contribution in [0.1, 0.15) is 80.6 Å². The molecule has 1 aliphatic carbocycles. The van der Waals surface area contributed by atoms with Crippen LogP contribution in [0.25, 0.3) is 0 Å². The van der Waals surface area contributed by atoms with Crippen LogP contribution >= 0.6 is 0 Å². The molecular formula is C22H37NO. The highest BCUT2D eigenvalue weighted by Gasteiger charge is 2.54. The topological polar surface area (TPSA) is 33.0 Å². The highest BCUT2D eigenvalue weighted by molar-refractivity contribution is 5.12. The van der Waals surface area contributed by atoms with Gasteiger partial charge in [-0.1, -0.05) is 53.7 Å². The summed E-state index contributed by atoms with van der Waals surface area (Å²) >= 11 is 0. The second kappa shape index (κ2) is 6.83. The summed E-state index contributed by atoms with van der Waals surface area (Å²) in [6.07, 6.45) is 10.7. The van der Waals surface area contributed by atoms with Crippen molar-refractivity contribution in [1.29, 1.82) is 5.26 Å². The molecule has 0 N–H and O–H groups in total. The van der Waals surface area contributed by atoms with E-state index >= 15 is 0 Å². The molecule has 2 heterocycles. The minimum absolute atomic E-state index is 0.0696. The third-order valence-corrected chi connectivity index (χ3v) is 6.85. The van der Waals surface area contributed by atoms with E-state index in [-0.39, 0.29) is 22.5 Å². The predicted molar refractivity (Wildman–Crippen MR) is 100 cm³/mol. The first kappa shape index (κ1) is 19.5. The van der Waals surface area contributed by atoms with E-state index in [2.05, 4.69) is 66.7 Å². The van der Waals surface area contributed by atoms with Gasteiger partial charge in [0.25, 0.3) is 0 Å². The van der Waals surface area contributed by atoms with Crippen molar-refractivity contribution in [3.05, 3.63) is 12.2 Å². The molecule has 2 atom stereocenters. The summed E-state index contributed by atoms with van der Waals surface area (Å²) < 4.78 is 6.11. The number of hydrogen-bond acceptors (Lipinski definition) is 2. The van der Waals surface area contributed by atoms with Gasteiger partial charge in [0.2, 0.25) is 0 Å². The molecule has 2 saturated heterocycles. The van der Waals surface area contributed by atoms with Gasteiger partial charge in [-0.25, -0.2) is 0 Å². The standard InChI is InChI=1S/C12H19N.C10H18O/c1-9(2)10-5-6-12(3,4)11(7-10)8-13;1-8(2)10-6-4-9(3,11-10)5-7-10/h5-6,9-11H,7H2,1-4H3;8H,4-7H2,1-3H3. The molecule has 3 aliphatic rings. The average Bonchev–Trinajstić information content (AvgIpc) is 3.02. The molecule has 2 unspecified atom stereocenters. The first-order valence-electron chi connectivity index (χ1n) is 9.83. The first-order chi connectivity index (χ1) is 11.0. The molecule has 0 spiro atoms. The number of fused-ring (bicyclic) bond motifs is 2. The molecule has 24 heavy (non-hydrogen) atoms. The molecule has 3 rings (SSSR count). The lowest BCUT2D eigenvalue weighted by molar-refractivity contribution is -0.0632. The van der Waals surface area contributed by atoms with Crippen LogP contribution in [0.5, 0.6) is 0 Å². The summed E-state index contributed by atoms with van der Waals surface area (Å²) in [5.74, 6) is 2.14. The van der Waals surface area contributed by atoms with Gasteiger partial charge in [0.15, 0.2) is 0 Å². The Morgan fingerprint density at radius 1 is 1.04 bits per heavy atom. The highest BCUT2D eigenvalue weighted by Crippen LogP contribution is 2.53. The Bertz CT molecular complexity index is 501. The maximum Gasteiger partial charge on any atom is 0.0714 e. The lowest BCUT2D eigenvalue weighted by atomic mass is 9.68. The lowest BCUT2D eigenvalue weighted by Crippen LogP contribution is -2.31. The van der Waals surface area contributed by atoms with E-state index < -0.39 is 0 Å². The molecule has 2 nitrogen and oxygen atoms in total. The summed E-state index contributed by atoms with van der Waals surface area (Å²) in [4.78, 5) is 0. The molecule has 0 aromatic carbocycles. The van der Waals surface area contributed by atoms with Crippen molar-refractivity contribution in [3.63, 3.8) is 0 Å². The molecule has 0 radical (unpaired) electrons. The summed E-state index contributed by atoms with van der Waals surface area (Å²) in [6.45, 7) is 15.6. The summed E-state index contributed by atoms with van der Waals surface area (Å²) in [6, 6.07) is 2.43. The largest absolute Gasteiger partial charge is 0.369 e. The van der Waals surface area contributed by atoms with Crippen molar-refractivity contribution < 1.29 is 4.74 Å². The molecule has 2 aliphatic heterocycles. The van der Waals surface area contributed by atoms with Crippen LogP contribution in [0, 0.1) is 40.4 Å². The lowest BCUT2D eigenvalue weighted by Gasteiger charge is -2.34. The van der Waals surface area contributed by atoms with Gasteiger partial charge >= 0.3 is 0 Å². The molecule has 0 aromatic rings. The molecule has 2 heteroatoms. The quantitative estimate of drug-likeness (QED) is 0.570. The maximum absolute atomic E-state index is 9.04. The Labute approximate surface area is 149 Å². The van der Waals surface area contributed by atoms with Crippen molar-refractivity contribution in [2.75, 3.05) is 0 Å². The average molecular weight is 332 g/mol. The van der Waals surface area contributed by atoms with E-state index in [1.807, 2.05) is 0 Å². The Balaban J connectivity index is 0.000000175. The third-order valence-electron chi connectivity index (χ3n) is 6.85. The molecule has 2 bridgehead atoms. The van der Waals surface area contributed by atoms with Gasteiger partial charge in [-0.15, -0.1) is 0 Å². The smallest absolute Gasteiger partial charge is 0.0714 e. The van der Waals surface area contributed by atoms with Gasteiger partial charge in [0.05, 0.1) is 23.2 Å². The number of nitrogens with zero attached hydrogens (tertiary/aromatic N) is 1. The Morgan fingerprint density at radius 2 is 1.62 bits per heavy atom. The van der Waals surface area contributed by atoms with Crippen molar-refractivity contribution in [1.82, 2.24) is 0 Å². The number of rotatable bonds is 2. The van der Waals surface area contributed by atoms with Crippen LogP contribution in [0.2, 0.25) is 0 Å². The van der Waals surface area contributed by atoms with Crippen molar-refractivity contribution in [2.24, 2.45) is 29.1 Å². The number of allylic oxidation sites excluding steroid dienone is 2. The van der Waals surface area contributed by atoms with Gasteiger partial charge in [-0.2, -0.15) is 5.26 Å². The van der Waals surface area contributed by atoms with Crippen LogP contribution < -0.4 is 0 Å². The number of hydrogen-bond donors (Lipinski definition) is 0. The number of nitriles is 1. The van der Waals surface area contributed by atoms with Gasteiger partial charge in [0.1, 0.15) is 0 Å². The van der Waals surface area contributed by atoms with Gasteiger partial charge < -0.3 is 4.74 Å². The maximum atomic E-state index is 9.04. The van der Waals surface area contributed by atoms with Gasteiger partial charge in [-0.05, 0) is 62.2 Å². The molecule has 0 saturated carbocycles. The van der Waals surface area contributed by atoms with Crippen LogP contribution in [0.3, 0.4) is 0 Å². The zero-order chi connectivity index (χ0) is 18.2. The van der Waals surface area contributed by atoms with Crippen LogP contribution in [-0.2, 0) is 4.74 Å². The minimum Gasteiger partial charge on any atom is -0.369 e. The van der Waals surface area contributed by atoms with Crippen molar-refractivity contribution in [3.8, 4) is 6.07 Å². The summed E-state index contributed by atoms with van der Waals surface area (Å²) in [5.41, 5.74) is 0.596. The third kappa shape index (κ3) is 3.88. The number of ether oxygens (including phenoxy) is 1. The van der Waals surface area contributed by atoms with Crippen LogP contribution in [0.4, 0.5) is 0 Å². The van der Waals surface area contributed by atoms with Crippen molar-refractivity contribution >= 4 is 0 Å². The normalized spacial score (nSPS) is 39.7. The van der Waals surface area contributed by atoms with E-state index in [0.717, 1.165) is 6.42 Å². The highest BCUT2D eigenvalue weighted by atomic mass is 16.5. The molecule has 0 amide bonds. The zero-order valence-electron chi connectivity index (χ0n) is 16.9. The second-order valence-corrected chi connectivity index (χ2v) is 9.78. The Hall–Kier alpha value is -0.810. The van der Waals surface area contributed by atoms with Crippen LogP contribution in [-0.4, -0.2) is 11.2 Å². The molecule has 0 aromatic heterocycles. The van der Waals surface area contributed by atoms with Gasteiger partial charge in [-0.3, -0.25) is 0 Å². The summed E-state index contributed by atoms with van der Waals surface area (Å²) in [5, 5.41) is 9.04. The molecular weight excluding hydrogens is 294 g/mol. The zero-order valence-corrected chi connectivity index (χ0v) is 16.9. The second-order valence-electron chi connectivity index (χ2n) is 9.78. The molecule has 2 fully saturated rings. The predicted octanol–water partition coefficient (Wildman–Crippen LogP) is 6.13. The fourth-order valence-electron chi connectivity index (χ4n) is 4.45. The fourth-order valence-corrected chi connectivity index (χ4v) is 4.45. The van der Waals surface area contributed by atoms with Crippen molar-refractivity contribution in [2.45, 2.75) is 91.8 Å². The van der Waals surface area contributed by atoms with Crippen LogP contribution in [0.15, 0.2) is 12.2 Å². The van der Waals surface area contributed by atoms with E-state index in [1.165, 1.54) is 25.7 Å². The SMILES string of the molecule is CC(C)C12CCC(C)(CC1)O2.CC(C)C1C=CC(C)(C)C(C#N)C1. The van der Waals surface area contributed by atoms with E-state index in [0.29, 0.717) is 17.8 Å². The summed E-state index contributed by atoms with van der Waals surface area (Å²) in [7, 11) is 0. The van der Waals surface area contributed by atoms with Gasteiger partial charge in [0, 0.05) is 0 Å². The Kier molecular flexibility index (Phi) is 5.55. The monoisotopic (exact) mass is 331 g/mol. The Morgan fingerprint density at radius 3 is 1.96 bits per heavy atom. The van der Waals surface area contributed by atoms with E-state index in [1.54, 1.807) is 0 Å². The molecule has 136 valence electrons. The van der Waals surface area contributed by atoms with E-state index in [4.69, 9.17) is 10.00 Å². The van der Waals surface area contributed by atoms with E-state index in [9.17, 15) is 0 Å². The first-order valence-corrected chi connectivity index (χ1v) is 9.83. The minimum atomic E-state index is 0.0696.